The number of amides is 6. The lowest BCUT2D eigenvalue weighted by atomic mass is 10.00. The SMILES string of the molecule is CCCC(C)N1CCC(N(Cc2ccccc2)C(=O)Nc2ccc(OC)cc2C)CC1.CCCCN1CCC(N(Cc2ccccc2)C(=O)Nc2cc(C(F)(F)F)cc(C(F)(F)F)c2)CC1.O=C(Nc1cccc(CN2CCOCC2)c1)NC1CCN(Cc2ccccc2)CC1. The largest absolute Gasteiger partial charge is 0.497 e. The maximum absolute atomic E-state index is 13.4. The molecule has 0 aliphatic carbocycles. The number of alkyl halides is 6. The number of nitrogens with zero attached hydrogens (tertiary/aromatic N) is 6. The molecule has 0 radical (unpaired) electrons. The number of anilines is 3. The van der Waals surface area contributed by atoms with Crippen LogP contribution in [0.5, 0.6) is 5.75 Å². The molecule has 0 bridgehead atoms. The maximum Gasteiger partial charge on any atom is 0.416 e. The third-order valence-electron chi connectivity index (χ3n) is 18.4. The van der Waals surface area contributed by atoms with Crippen LogP contribution in [-0.2, 0) is 43.3 Å². The number of hydrogen-bond donors (Lipinski definition) is 4. The Morgan fingerprint density at radius 1 is 0.552 bits per heavy atom. The van der Waals surface area contributed by atoms with Gasteiger partial charge in [-0.2, -0.15) is 26.3 Å². The molecular formula is C75H98F6N10O5. The molecular weight excluding hydrogens is 1230 g/mol. The quantitative estimate of drug-likeness (QED) is 0.0519. The first-order valence-corrected chi connectivity index (χ1v) is 34.1. The van der Waals surface area contributed by atoms with E-state index in [1.807, 2.05) is 78.6 Å². The predicted molar refractivity (Wildman–Crippen MR) is 369 cm³/mol. The van der Waals surface area contributed by atoms with Crippen molar-refractivity contribution in [3.63, 3.8) is 0 Å². The molecule has 96 heavy (non-hydrogen) atoms. The van der Waals surface area contributed by atoms with Gasteiger partial charge in [-0.1, -0.05) is 130 Å². The number of benzene rings is 6. The zero-order valence-corrected chi connectivity index (χ0v) is 56.4. The summed E-state index contributed by atoms with van der Waals surface area (Å²) in [5.41, 5.74) is 3.72. The lowest BCUT2D eigenvalue weighted by molar-refractivity contribution is -0.143. The van der Waals surface area contributed by atoms with Crippen LogP contribution < -0.4 is 26.0 Å². The van der Waals surface area contributed by atoms with E-state index in [-0.39, 0.29) is 42.8 Å². The van der Waals surface area contributed by atoms with Gasteiger partial charge in [0.15, 0.2) is 0 Å². The Hall–Kier alpha value is -7.69. The lowest BCUT2D eigenvalue weighted by Crippen LogP contribution is -2.50. The Kier molecular flexibility index (Phi) is 28.7. The first-order chi connectivity index (χ1) is 46.2. The van der Waals surface area contributed by atoms with Crippen molar-refractivity contribution in [2.75, 3.05) is 95.2 Å². The van der Waals surface area contributed by atoms with Crippen molar-refractivity contribution >= 4 is 35.2 Å². The monoisotopic (exact) mass is 1330 g/mol. The van der Waals surface area contributed by atoms with E-state index in [4.69, 9.17) is 9.47 Å². The molecule has 4 N–H and O–H groups in total. The zero-order chi connectivity index (χ0) is 68.5. The predicted octanol–water partition coefficient (Wildman–Crippen LogP) is 16.0. The Morgan fingerprint density at radius 2 is 1.06 bits per heavy atom. The number of aryl methyl sites for hydroxylation is 1. The van der Waals surface area contributed by atoms with Gasteiger partial charge in [-0.05, 0) is 148 Å². The minimum atomic E-state index is -4.99. The molecule has 520 valence electrons. The molecule has 4 aliphatic rings. The number of rotatable bonds is 21. The van der Waals surface area contributed by atoms with Crippen LogP contribution >= 0.6 is 0 Å². The highest BCUT2D eigenvalue weighted by Gasteiger charge is 2.38. The minimum absolute atomic E-state index is 0.0304. The second-order valence-corrected chi connectivity index (χ2v) is 25.6. The number of piperidine rings is 3. The number of nitrogens with one attached hydrogen (secondary N) is 4. The van der Waals surface area contributed by atoms with E-state index < -0.39 is 35.2 Å². The van der Waals surface area contributed by atoms with E-state index in [2.05, 4.69) is 116 Å². The van der Waals surface area contributed by atoms with Gasteiger partial charge in [0.25, 0.3) is 0 Å². The maximum atomic E-state index is 13.4. The summed E-state index contributed by atoms with van der Waals surface area (Å²) >= 11 is 0. The van der Waals surface area contributed by atoms with Crippen molar-refractivity contribution < 1.29 is 50.2 Å². The summed E-state index contributed by atoms with van der Waals surface area (Å²) in [6.45, 7) is 21.5. The highest BCUT2D eigenvalue weighted by molar-refractivity contribution is 5.91. The molecule has 4 heterocycles. The summed E-state index contributed by atoms with van der Waals surface area (Å²) in [6, 6.07) is 44.9. The van der Waals surface area contributed by atoms with Crippen LogP contribution in [0.1, 0.15) is 124 Å². The van der Waals surface area contributed by atoms with E-state index in [0.29, 0.717) is 37.6 Å². The Balaban J connectivity index is 0.000000185. The smallest absolute Gasteiger partial charge is 0.416 e. The lowest BCUT2D eigenvalue weighted by Gasteiger charge is -2.40. The fraction of sp³-hybridized carbons (Fsp3) is 0.480. The summed E-state index contributed by atoms with van der Waals surface area (Å²) in [7, 11) is 1.66. The van der Waals surface area contributed by atoms with E-state index in [1.165, 1.54) is 28.9 Å². The van der Waals surface area contributed by atoms with Gasteiger partial charge in [-0.15, -0.1) is 0 Å². The second-order valence-electron chi connectivity index (χ2n) is 25.6. The molecule has 0 aromatic heterocycles. The van der Waals surface area contributed by atoms with Crippen molar-refractivity contribution in [1.82, 2.24) is 34.7 Å². The normalized spacial score (nSPS) is 16.8. The topological polar surface area (TPSA) is 137 Å². The molecule has 0 spiro atoms. The molecule has 1 unspecified atom stereocenters. The van der Waals surface area contributed by atoms with Crippen LogP contribution in [0.4, 0.5) is 57.8 Å². The van der Waals surface area contributed by atoms with Crippen molar-refractivity contribution in [1.29, 1.82) is 0 Å². The van der Waals surface area contributed by atoms with Gasteiger partial charge < -0.3 is 50.3 Å². The highest BCUT2D eigenvalue weighted by atomic mass is 19.4. The number of carbonyl (C=O) groups excluding carboxylic acids is 3. The summed E-state index contributed by atoms with van der Waals surface area (Å²) in [5.74, 6) is 0.796. The number of urea groups is 3. The van der Waals surface area contributed by atoms with Crippen molar-refractivity contribution in [2.45, 2.75) is 155 Å². The van der Waals surface area contributed by atoms with Crippen LogP contribution in [0.2, 0.25) is 0 Å². The number of ether oxygens (including phenoxy) is 2. The van der Waals surface area contributed by atoms with Crippen LogP contribution in [0, 0.1) is 6.92 Å². The number of carbonyl (C=O) groups is 3. The molecule has 10 rings (SSSR count). The first-order valence-electron chi connectivity index (χ1n) is 34.1. The minimum Gasteiger partial charge on any atom is -0.497 e. The fourth-order valence-corrected chi connectivity index (χ4v) is 12.9. The summed E-state index contributed by atoms with van der Waals surface area (Å²) in [4.78, 5) is 52.4. The number of methoxy groups -OCH3 is 1. The number of likely N-dealkylation sites (tertiary alicyclic amines) is 3. The van der Waals surface area contributed by atoms with Crippen LogP contribution in [0.3, 0.4) is 0 Å². The van der Waals surface area contributed by atoms with Gasteiger partial charge in [0.2, 0.25) is 0 Å². The van der Waals surface area contributed by atoms with E-state index in [1.54, 1.807) is 19.2 Å². The molecule has 6 aromatic carbocycles. The Morgan fingerprint density at radius 3 is 1.59 bits per heavy atom. The number of halogens is 6. The van der Waals surface area contributed by atoms with Gasteiger partial charge >= 0.3 is 30.4 Å². The first kappa shape index (κ1) is 74.1. The summed E-state index contributed by atoms with van der Waals surface area (Å²) in [6.07, 6.45) is -0.0808. The second kappa shape index (κ2) is 37.2. The number of hydrogen-bond acceptors (Lipinski definition) is 9. The van der Waals surface area contributed by atoms with Crippen LogP contribution in [-0.4, -0.2) is 151 Å². The van der Waals surface area contributed by atoms with Gasteiger partial charge in [0.05, 0.1) is 31.5 Å². The van der Waals surface area contributed by atoms with E-state index >= 15 is 0 Å². The number of morpholine rings is 1. The van der Waals surface area contributed by atoms with Gasteiger partial charge in [0, 0.05) is 120 Å². The van der Waals surface area contributed by atoms with Gasteiger partial charge in [0.1, 0.15) is 5.75 Å². The summed E-state index contributed by atoms with van der Waals surface area (Å²) < 4.78 is 90.2. The molecule has 0 saturated carbocycles. The fourth-order valence-electron chi connectivity index (χ4n) is 12.9. The van der Waals surface area contributed by atoms with Crippen LogP contribution in [0.25, 0.3) is 0 Å². The average molecular weight is 1330 g/mol. The standard InChI is InChI=1S/C26H37N3O2.C25H29F6N3O.C24H32N4O2/c1-5-9-21(3)28-16-14-23(15-17-28)29(19-22-10-7-6-8-11-22)26(30)27-25-13-12-24(31-4)18-20(25)2;1-2-3-11-33-12-9-22(10-13-33)34(17-18-7-5-4-6-8-18)23(35)32-21-15-19(24(26,27)28)14-20(16-21)25(29,30)31;29-24(25-22-9-11-27(12-10-22)18-20-5-2-1-3-6-20)26-23-8-4-7-21(17-23)19-28-13-15-30-16-14-28/h6-8,10-13,18,21,23H,5,9,14-17,19H2,1-4H3,(H,27,30);4-8,14-16,22H,2-3,9-13,17H2,1H3,(H,32,35);1-8,17,22H,9-16,18-19H2,(H2,25,26,29). The third-order valence-corrected chi connectivity index (χ3v) is 18.4. The average Bonchev–Trinajstić information content (AvgIpc) is 0.825. The van der Waals surface area contributed by atoms with E-state index in [0.717, 1.165) is 158 Å². The Labute approximate surface area is 563 Å². The Bertz CT molecular complexity index is 3270. The zero-order valence-electron chi connectivity index (χ0n) is 56.4. The molecule has 15 nitrogen and oxygen atoms in total. The molecule has 1 atom stereocenters. The molecule has 4 fully saturated rings. The molecule has 21 heteroatoms. The van der Waals surface area contributed by atoms with Crippen molar-refractivity contribution in [3.05, 3.63) is 191 Å². The summed E-state index contributed by atoms with van der Waals surface area (Å²) in [5, 5.41) is 11.6. The van der Waals surface area contributed by atoms with E-state index in [9.17, 15) is 40.7 Å². The molecule has 4 aliphatic heterocycles. The van der Waals surface area contributed by atoms with Crippen LogP contribution in [0.15, 0.2) is 152 Å². The van der Waals surface area contributed by atoms with Gasteiger partial charge in [-0.25, -0.2) is 14.4 Å². The van der Waals surface area contributed by atoms with Crippen molar-refractivity contribution in [3.8, 4) is 5.75 Å². The van der Waals surface area contributed by atoms with Crippen molar-refractivity contribution in [2.24, 2.45) is 0 Å². The molecule has 6 aromatic rings. The number of unbranched alkanes of at least 4 members (excludes halogenated alkanes) is 1. The molecule has 4 saturated heterocycles. The highest BCUT2D eigenvalue weighted by Crippen LogP contribution is 2.38. The van der Waals surface area contributed by atoms with Gasteiger partial charge in [-0.3, -0.25) is 9.80 Å². The third kappa shape index (κ3) is 23.8. The molecule has 6 amide bonds.